The molecule has 2 N–H and O–H groups in total. The van der Waals surface area contributed by atoms with Crippen LogP contribution in [0.2, 0.25) is 0 Å². The van der Waals surface area contributed by atoms with Gasteiger partial charge in [0, 0.05) is 5.69 Å². The molecule has 0 saturated heterocycles. The highest BCUT2D eigenvalue weighted by Gasteiger charge is 2.09. The number of ether oxygens (including phenoxy) is 2. The van der Waals surface area contributed by atoms with Crippen molar-refractivity contribution in [3.8, 4) is 5.75 Å². The number of carbonyl (C=O) groups excluding carboxylic acids is 3. The molecule has 0 bridgehead atoms. The van der Waals surface area contributed by atoms with E-state index in [2.05, 4.69) is 15.4 Å². The van der Waals surface area contributed by atoms with E-state index in [1.807, 2.05) is 18.2 Å². The van der Waals surface area contributed by atoms with Gasteiger partial charge >= 0.3 is 5.97 Å². The Morgan fingerprint density at radius 1 is 0.962 bits per heavy atom. The van der Waals surface area contributed by atoms with Gasteiger partial charge in [-0.15, -0.1) is 0 Å². The predicted molar refractivity (Wildman–Crippen MR) is 96.0 cm³/mol. The maximum atomic E-state index is 11.9. The van der Waals surface area contributed by atoms with E-state index in [0.717, 1.165) is 0 Å². The number of nitrogens with one attached hydrogen (secondary N) is 2. The molecule has 136 valence electrons. The third-order valence-corrected chi connectivity index (χ3v) is 3.35. The van der Waals surface area contributed by atoms with Gasteiger partial charge in [0.05, 0.1) is 32.2 Å². The molecular formula is C19H20N2O5. The van der Waals surface area contributed by atoms with Crippen LogP contribution in [0.4, 0.5) is 5.69 Å². The Balaban J connectivity index is 1.71. The van der Waals surface area contributed by atoms with E-state index in [1.54, 1.807) is 30.3 Å². The lowest BCUT2D eigenvalue weighted by Gasteiger charge is -2.09. The summed E-state index contributed by atoms with van der Waals surface area (Å²) >= 11 is 0. The Hall–Kier alpha value is -3.35. The van der Waals surface area contributed by atoms with Crippen LogP contribution < -0.4 is 15.4 Å². The van der Waals surface area contributed by atoms with Crippen molar-refractivity contribution in [2.24, 2.45) is 0 Å². The van der Waals surface area contributed by atoms with Gasteiger partial charge in [-0.05, 0) is 30.3 Å². The molecule has 2 aromatic rings. The lowest BCUT2D eigenvalue weighted by atomic mass is 10.2. The van der Waals surface area contributed by atoms with Crippen molar-refractivity contribution in [2.45, 2.75) is 6.42 Å². The lowest BCUT2D eigenvalue weighted by molar-refractivity contribution is -0.124. The maximum Gasteiger partial charge on any atom is 0.337 e. The second kappa shape index (κ2) is 9.83. The highest BCUT2D eigenvalue weighted by Crippen LogP contribution is 2.11. The third-order valence-electron chi connectivity index (χ3n) is 3.35. The zero-order chi connectivity index (χ0) is 18.8. The van der Waals surface area contributed by atoms with Crippen LogP contribution in [-0.2, 0) is 14.3 Å². The summed E-state index contributed by atoms with van der Waals surface area (Å²) in [7, 11) is 1.28. The minimum atomic E-state index is -0.493. The second-order valence-electron chi connectivity index (χ2n) is 5.31. The summed E-state index contributed by atoms with van der Waals surface area (Å²) in [6.07, 6.45) is 0.139. The minimum Gasteiger partial charge on any atom is -0.493 e. The molecule has 0 atom stereocenters. The number of anilines is 1. The molecule has 0 spiro atoms. The molecule has 0 aliphatic carbocycles. The standard InChI is InChI=1S/C19H20N2O5/c1-25-19(24)14-6-5-7-15(12-14)21-18(23)13-20-17(22)10-11-26-16-8-3-2-4-9-16/h2-9,12H,10-11,13H2,1H3,(H,20,22)(H,21,23). The van der Waals surface area contributed by atoms with Gasteiger partial charge in [-0.1, -0.05) is 24.3 Å². The van der Waals surface area contributed by atoms with Crippen LogP contribution in [0.5, 0.6) is 5.75 Å². The number of rotatable bonds is 8. The summed E-state index contributed by atoms with van der Waals surface area (Å²) in [6.45, 7) is 0.0469. The number of benzene rings is 2. The Labute approximate surface area is 151 Å². The fourth-order valence-corrected chi connectivity index (χ4v) is 2.09. The van der Waals surface area contributed by atoms with Crippen molar-refractivity contribution < 1.29 is 23.9 Å². The van der Waals surface area contributed by atoms with Crippen LogP contribution in [0.3, 0.4) is 0 Å². The average Bonchev–Trinajstić information content (AvgIpc) is 2.67. The Bertz CT molecular complexity index is 762. The van der Waals surface area contributed by atoms with Gasteiger partial charge in [0.1, 0.15) is 5.75 Å². The zero-order valence-electron chi connectivity index (χ0n) is 14.4. The Kier molecular flexibility index (Phi) is 7.17. The lowest BCUT2D eigenvalue weighted by Crippen LogP contribution is -2.33. The zero-order valence-corrected chi connectivity index (χ0v) is 14.4. The summed E-state index contributed by atoms with van der Waals surface area (Å²) in [4.78, 5) is 35.1. The first-order chi connectivity index (χ1) is 12.6. The van der Waals surface area contributed by atoms with Gasteiger partial charge in [-0.3, -0.25) is 9.59 Å². The molecule has 0 saturated carbocycles. The van der Waals surface area contributed by atoms with Crippen molar-refractivity contribution in [2.75, 3.05) is 25.6 Å². The topological polar surface area (TPSA) is 93.7 Å². The molecule has 0 fully saturated rings. The normalized spacial score (nSPS) is 9.88. The van der Waals surface area contributed by atoms with Crippen LogP contribution in [0.15, 0.2) is 54.6 Å². The molecule has 0 aromatic heterocycles. The second-order valence-corrected chi connectivity index (χ2v) is 5.31. The number of hydrogen-bond donors (Lipinski definition) is 2. The first-order valence-electron chi connectivity index (χ1n) is 8.01. The first-order valence-corrected chi connectivity index (χ1v) is 8.01. The molecule has 7 nitrogen and oxygen atoms in total. The number of methoxy groups -OCH3 is 1. The van der Waals surface area contributed by atoms with E-state index in [-0.39, 0.29) is 25.5 Å². The molecule has 0 radical (unpaired) electrons. The van der Waals surface area contributed by atoms with Crippen molar-refractivity contribution in [1.82, 2.24) is 5.32 Å². The summed E-state index contributed by atoms with van der Waals surface area (Å²) in [5.41, 5.74) is 0.770. The summed E-state index contributed by atoms with van der Waals surface area (Å²) in [6, 6.07) is 15.5. The van der Waals surface area contributed by atoms with Crippen LogP contribution in [0.1, 0.15) is 16.8 Å². The third kappa shape index (κ3) is 6.27. The molecule has 26 heavy (non-hydrogen) atoms. The number of amides is 2. The molecule has 7 heteroatoms. The fraction of sp³-hybridized carbons (Fsp3) is 0.211. The number of hydrogen-bond acceptors (Lipinski definition) is 5. The number of esters is 1. The highest BCUT2D eigenvalue weighted by molar-refractivity contribution is 5.96. The Morgan fingerprint density at radius 3 is 2.46 bits per heavy atom. The van der Waals surface area contributed by atoms with E-state index < -0.39 is 11.9 Å². The summed E-state index contributed by atoms with van der Waals surface area (Å²) in [5, 5.41) is 5.12. The largest absolute Gasteiger partial charge is 0.493 e. The molecule has 2 amide bonds. The molecule has 0 aliphatic heterocycles. The van der Waals surface area contributed by atoms with E-state index in [4.69, 9.17) is 4.74 Å². The molecular weight excluding hydrogens is 336 g/mol. The Morgan fingerprint density at radius 2 is 1.73 bits per heavy atom. The molecule has 0 unspecified atom stereocenters. The van der Waals surface area contributed by atoms with Gasteiger partial charge in [0.2, 0.25) is 11.8 Å². The van der Waals surface area contributed by atoms with Gasteiger partial charge < -0.3 is 20.1 Å². The SMILES string of the molecule is COC(=O)c1cccc(NC(=O)CNC(=O)CCOc2ccccc2)c1. The van der Waals surface area contributed by atoms with E-state index >= 15 is 0 Å². The van der Waals surface area contributed by atoms with Crippen molar-refractivity contribution in [1.29, 1.82) is 0 Å². The summed E-state index contributed by atoms with van der Waals surface area (Å²) < 4.78 is 10.0. The van der Waals surface area contributed by atoms with Crippen molar-refractivity contribution in [3.63, 3.8) is 0 Å². The fourth-order valence-electron chi connectivity index (χ4n) is 2.09. The van der Waals surface area contributed by atoms with E-state index in [1.165, 1.54) is 13.2 Å². The quantitative estimate of drug-likeness (QED) is 0.706. The maximum absolute atomic E-state index is 11.9. The van der Waals surface area contributed by atoms with E-state index in [0.29, 0.717) is 17.0 Å². The molecule has 2 rings (SSSR count). The van der Waals surface area contributed by atoms with Crippen LogP contribution in [-0.4, -0.2) is 38.0 Å². The first kappa shape index (κ1) is 19.0. The molecule has 2 aromatic carbocycles. The smallest absolute Gasteiger partial charge is 0.337 e. The van der Waals surface area contributed by atoms with Gasteiger partial charge in [0.15, 0.2) is 0 Å². The van der Waals surface area contributed by atoms with E-state index in [9.17, 15) is 14.4 Å². The average molecular weight is 356 g/mol. The van der Waals surface area contributed by atoms with Crippen molar-refractivity contribution in [3.05, 3.63) is 60.2 Å². The monoisotopic (exact) mass is 356 g/mol. The van der Waals surface area contributed by atoms with Crippen LogP contribution >= 0.6 is 0 Å². The molecule has 0 aliphatic rings. The number of para-hydroxylation sites is 1. The number of carbonyl (C=O) groups is 3. The highest BCUT2D eigenvalue weighted by atomic mass is 16.5. The van der Waals surface area contributed by atoms with Gasteiger partial charge in [-0.2, -0.15) is 0 Å². The van der Waals surface area contributed by atoms with Gasteiger partial charge in [0.25, 0.3) is 0 Å². The van der Waals surface area contributed by atoms with Gasteiger partial charge in [-0.25, -0.2) is 4.79 Å². The van der Waals surface area contributed by atoms with Crippen molar-refractivity contribution >= 4 is 23.5 Å². The molecule has 0 heterocycles. The summed E-state index contributed by atoms with van der Waals surface area (Å²) in [5.74, 6) is -0.500. The minimum absolute atomic E-state index is 0.139. The van der Waals surface area contributed by atoms with Crippen LogP contribution in [0, 0.1) is 0 Å². The predicted octanol–water partition coefficient (Wildman–Crippen LogP) is 2.00. The van der Waals surface area contributed by atoms with Crippen LogP contribution in [0.25, 0.3) is 0 Å².